The van der Waals surface area contributed by atoms with E-state index < -0.39 is 0 Å². The molecule has 1 aromatic rings. The smallest absolute Gasteiger partial charge is 0.319 e. The van der Waals surface area contributed by atoms with E-state index in [1.54, 1.807) is 0 Å². The minimum absolute atomic E-state index is 0.142. The Morgan fingerprint density at radius 2 is 2.22 bits per heavy atom. The van der Waals surface area contributed by atoms with E-state index in [1.165, 1.54) is 0 Å². The lowest BCUT2D eigenvalue weighted by Crippen LogP contribution is -2.35. The molecule has 0 saturated carbocycles. The Balaban J connectivity index is 1.53. The molecule has 2 aliphatic heterocycles. The summed E-state index contributed by atoms with van der Waals surface area (Å²) < 4.78 is 5.48. The molecule has 0 spiro atoms. The van der Waals surface area contributed by atoms with Gasteiger partial charge in [-0.3, -0.25) is 0 Å². The predicted molar refractivity (Wildman–Crippen MR) is 97.0 cm³/mol. The second-order valence-corrected chi connectivity index (χ2v) is 7.37. The third-order valence-electron chi connectivity index (χ3n) is 4.07. The summed E-state index contributed by atoms with van der Waals surface area (Å²) in [6, 6.07) is 5.46. The van der Waals surface area contributed by atoms with Crippen molar-refractivity contribution in [3.63, 3.8) is 0 Å². The number of ether oxygens (including phenoxy) is 1. The van der Waals surface area contributed by atoms with Gasteiger partial charge in [-0.2, -0.15) is 11.8 Å². The van der Waals surface area contributed by atoms with Gasteiger partial charge in [0.25, 0.3) is 0 Å². The quantitative estimate of drug-likeness (QED) is 0.870. The first kappa shape index (κ1) is 16.7. The van der Waals surface area contributed by atoms with Gasteiger partial charge in [-0.25, -0.2) is 4.79 Å². The van der Waals surface area contributed by atoms with Crippen LogP contribution in [0.4, 0.5) is 16.2 Å². The number of anilines is 2. The fourth-order valence-corrected chi connectivity index (χ4v) is 4.04. The molecule has 0 aromatic heterocycles. The Kier molecular flexibility index (Phi) is 5.91. The van der Waals surface area contributed by atoms with E-state index in [4.69, 9.17) is 16.3 Å². The SMILES string of the molecule is O=C(NCC1CCCO1)Nc1ccc(N2CCSCC2)c(Cl)c1. The van der Waals surface area contributed by atoms with Gasteiger partial charge >= 0.3 is 6.03 Å². The zero-order valence-electron chi connectivity index (χ0n) is 13.0. The first-order chi connectivity index (χ1) is 11.2. The summed E-state index contributed by atoms with van der Waals surface area (Å²) in [6.45, 7) is 3.36. The van der Waals surface area contributed by atoms with Gasteiger partial charge in [-0.15, -0.1) is 0 Å². The monoisotopic (exact) mass is 355 g/mol. The molecule has 2 amide bonds. The second kappa shape index (κ2) is 8.13. The molecule has 1 aromatic carbocycles. The average molecular weight is 356 g/mol. The first-order valence-electron chi connectivity index (χ1n) is 8.01. The summed E-state index contributed by atoms with van der Waals surface area (Å²) in [5.41, 5.74) is 1.74. The van der Waals surface area contributed by atoms with Gasteiger partial charge < -0.3 is 20.3 Å². The van der Waals surface area contributed by atoms with Crippen molar-refractivity contribution in [2.45, 2.75) is 18.9 Å². The van der Waals surface area contributed by atoms with Crippen LogP contribution >= 0.6 is 23.4 Å². The molecule has 0 radical (unpaired) electrons. The van der Waals surface area contributed by atoms with Crippen molar-refractivity contribution < 1.29 is 9.53 Å². The number of nitrogens with zero attached hydrogens (tertiary/aromatic N) is 1. The highest BCUT2D eigenvalue weighted by molar-refractivity contribution is 7.99. The number of amides is 2. The molecule has 126 valence electrons. The third-order valence-corrected chi connectivity index (χ3v) is 5.32. The molecule has 7 heteroatoms. The molecular formula is C16H22ClN3O2S. The number of carbonyl (C=O) groups is 1. The normalized spacial score (nSPS) is 21.3. The first-order valence-corrected chi connectivity index (χ1v) is 9.54. The van der Waals surface area contributed by atoms with E-state index in [0.717, 1.165) is 49.7 Å². The van der Waals surface area contributed by atoms with Gasteiger partial charge in [0.05, 0.1) is 16.8 Å². The topological polar surface area (TPSA) is 53.6 Å². The Hall–Kier alpha value is -1.11. The molecular weight excluding hydrogens is 334 g/mol. The summed E-state index contributed by atoms with van der Waals surface area (Å²) in [4.78, 5) is 14.2. The largest absolute Gasteiger partial charge is 0.376 e. The summed E-state index contributed by atoms with van der Waals surface area (Å²) in [6.07, 6.45) is 2.22. The van der Waals surface area contributed by atoms with Crippen molar-refractivity contribution in [2.75, 3.05) is 48.0 Å². The van der Waals surface area contributed by atoms with Crippen molar-refractivity contribution in [1.29, 1.82) is 0 Å². The van der Waals surface area contributed by atoms with Gasteiger partial charge in [0, 0.05) is 43.4 Å². The number of nitrogens with one attached hydrogen (secondary N) is 2. The zero-order chi connectivity index (χ0) is 16.1. The molecule has 2 saturated heterocycles. The van der Waals surface area contributed by atoms with E-state index in [9.17, 15) is 4.79 Å². The van der Waals surface area contributed by atoms with E-state index in [0.29, 0.717) is 17.3 Å². The van der Waals surface area contributed by atoms with Crippen LogP contribution < -0.4 is 15.5 Å². The van der Waals surface area contributed by atoms with Crippen molar-refractivity contribution in [1.82, 2.24) is 5.32 Å². The van der Waals surface area contributed by atoms with Gasteiger partial charge in [0.15, 0.2) is 0 Å². The lowest BCUT2D eigenvalue weighted by molar-refractivity contribution is 0.112. The van der Waals surface area contributed by atoms with E-state index in [-0.39, 0.29) is 12.1 Å². The number of rotatable bonds is 4. The third kappa shape index (κ3) is 4.68. The predicted octanol–water partition coefficient (Wildman–Crippen LogP) is 3.19. The molecule has 2 aliphatic rings. The lowest BCUT2D eigenvalue weighted by Gasteiger charge is -2.29. The van der Waals surface area contributed by atoms with Crippen LogP contribution in [-0.2, 0) is 4.74 Å². The molecule has 2 fully saturated rings. The van der Waals surface area contributed by atoms with Crippen molar-refractivity contribution in [3.05, 3.63) is 23.2 Å². The maximum atomic E-state index is 11.9. The number of halogens is 1. The lowest BCUT2D eigenvalue weighted by atomic mass is 10.2. The average Bonchev–Trinajstić information content (AvgIpc) is 3.07. The number of carbonyl (C=O) groups excluding carboxylic acids is 1. The number of hydrogen-bond acceptors (Lipinski definition) is 4. The maximum absolute atomic E-state index is 11.9. The van der Waals surface area contributed by atoms with Crippen molar-refractivity contribution in [2.24, 2.45) is 0 Å². The molecule has 1 atom stereocenters. The van der Waals surface area contributed by atoms with Crippen LogP contribution in [0.15, 0.2) is 18.2 Å². The number of urea groups is 1. The fraction of sp³-hybridized carbons (Fsp3) is 0.562. The van der Waals surface area contributed by atoms with Crippen LogP contribution in [0.2, 0.25) is 5.02 Å². The van der Waals surface area contributed by atoms with E-state index >= 15 is 0 Å². The van der Waals surface area contributed by atoms with Crippen LogP contribution in [0.5, 0.6) is 0 Å². The standard InChI is InChI=1S/C16H22ClN3O2S/c17-14-10-12(3-4-15(14)20-5-8-23-9-6-20)19-16(21)18-11-13-2-1-7-22-13/h3-4,10,13H,1-2,5-9,11H2,(H2,18,19,21). The highest BCUT2D eigenvalue weighted by Crippen LogP contribution is 2.30. The van der Waals surface area contributed by atoms with Gasteiger partial charge in [0.2, 0.25) is 0 Å². The van der Waals surface area contributed by atoms with Crippen LogP contribution in [0.3, 0.4) is 0 Å². The number of hydrogen-bond donors (Lipinski definition) is 2. The molecule has 1 unspecified atom stereocenters. The van der Waals surface area contributed by atoms with Crippen LogP contribution in [0, 0.1) is 0 Å². The minimum atomic E-state index is -0.223. The molecule has 5 nitrogen and oxygen atoms in total. The van der Waals surface area contributed by atoms with Crippen LogP contribution in [0.25, 0.3) is 0 Å². The van der Waals surface area contributed by atoms with Gasteiger partial charge in [-0.1, -0.05) is 11.6 Å². The summed E-state index contributed by atoms with van der Waals surface area (Å²) in [5, 5.41) is 6.34. The molecule has 2 N–H and O–H groups in total. The van der Waals surface area contributed by atoms with Gasteiger partial charge in [-0.05, 0) is 31.0 Å². The summed E-state index contributed by atoms with van der Waals surface area (Å²) in [5.74, 6) is 2.25. The highest BCUT2D eigenvalue weighted by Gasteiger charge is 2.17. The Labute approximate surface area is 146 Å². The molecule has 3 rings (SSSR count). The Morgan fingerprint density at radius 3 is 2.91 bits per heavy atom. The fourth-order valence-electron chi connectivity index (χ4n) is 2.83. The van der Waals surface area contributed by atoms with E-state index in [1.807, 2.05) is 30.0 Å². The Morgan fingerprint density at radius 1 is 1.39 bits per heavy atom. The summed E-state index contributed by atoms with van der Waals surface area (Å²) >= 11 is 8.35. The molecule has 0 aliphatic carbocycles. The molecule has 23 heavy (non-hydrogen) atoms. The van der Waals surface area contributed by atoms with E-state index in [2.05, 4.69) is 15.5 Å². The van der Waals surface area contributed by atoms with Gasteiger partial charge in [0.1, 0.15) is 0 Å². The number of benzene rings is 1. The summed E-state index contributed by atoms with van der Waals surface area (Å²) in [7, 11) is 0. The maximum Gasteiger partial charge on any atom is 0.319 e. The highest BCUT2D eigenvalue weighted by atomic mass is 35.5. The van der Waals surface area contributed by atoms with Crippen LogP contribution in [0.1, 0.15) is 12.8 Å². The van der Waals surface area contributed by atoms with Crippen molar-refractivity contribution >= 4 is 40.8 Å². The Bertz CT molecular complexity index is 546. The van der Waals surface area contributed by atoms with Crippen LogP contribution in [-0.4, -0.2) is 49.9 Å². The number of thioether (sulfide) groups is 1. The zero-order valence-corrected chi connectivity index (χ0v) is 14.6. The van der Waals surface area contributed by atoms with Crippen molar-refractivity contribution in [3.8, 4) is 0 Å². The molecule has 2 heterocycles. The minimum Gasteiger partial charge on any atom is -0.376 e. The molecule has 0 bridgehead atoms. The second-order valence-electron chi connectivity index (χ2n) is 5.74.